The number of esters is 1. The van der Waals surface area contributed by atoms with Crippen molar-refractivity contribution >= 4 is 34.1 Å². The van der Waals surface area contributed by atoms with Gasteiger partial charge in [-0.3, -0.25) is 9.59 Å². The summed E-state index contributed by atoms with van der Waals surface area (Å²) in [6.07, 6.45) is 5.12. The van der Waals surface area contributed by atoms with Crippen molar-refractivity contribution in [1.82, 2.24) is 0 Å². The lowest BCUT2D eigenvalue weighted by molar-refractivity contribution is -0.119. The van der Waals surface area contributed by atoms with Crippen LogP contribution in [0.25, 0.3) is 0 Å². The van der Waals surface area contributed by atoms with Gasteiger partial charge in [-0.25, -0.2) is 9.69 Å². The summed E-state index contributed by atoms with van der Waals surface area (Å²) < 4.78 is 5.15. The second-order valence-corrected chi connectivity index (χ2v) is 6.68. The summed E-state index contributed by atoms with van der Waals surface area (Å²) in [7, 11) is 0. The lowest BCUT2D eigenvalue weighted by atomic mass is 9.88. The first kappa shape index (κ1) is 15.0. The third-order valence-corrected chi connectivity index (χ3v) is 5.22. The molecule has 1 aromatic heterocycles. The highest BCUT2D eigenvalue weighted by molar-refractivity contribution is 7.17. The van der Waals surface area contributed by atoms with E-state index in [0.29, 0.717) is 16.5 Å². The Morgan fingerprint density at radius 2 is 2.05 bits per heavy atom. The molecule has 1 atom stereocenters. The Balaban J connectivity index is 2.11. The molecule has 0 unspecified atom stereocenters. The Kier molecular flexibility index (Phi) is 3.87. The number of amides is 2. The van der Waals surface area contributed by atoms with E-state index < -0.39 is 17.8 Å². The van der Waals surface area contributed by atoms with Crippen molar-refractivity contribution in [3.8, 4) is 0 Å². The molecule has 116 valence electrons. The van der Waals surface area contributed by atoms with E-state index in [1.165, 1.54) is 23.5 Å². The normalized spacial score (nSPS) is 20.5. The van der Waals surface area contributed by atoms with Gasteiger partial charge in [0.1, 0.15) is 5.00 Å². The Bertz CT molecular complexity index is 671. The Hall–Kier alpha value is -1.95. The maximum Gasteiger partial charge on any atom is 0.341 e. The Labute approximate surface area is 132 Å². The molecule has 22 heavy (non-hydrogen) atoms. The van der Waals surface area contributed by atoms with Crippen LogP contribution in [0.3, 0.4) is 0 Å². The van der Waals surface area contributed by atoms with Crippen LogP contribution in [0.4, 0.5) is 5.00 Å². The zero-order valence-corrected chi connectivity index (χ0v) is 13.4. The SMILES string of the molecule is CCOC(=O)c1c(N2C(=O)C=CC2=O)sc2c1CC[C@H](C)C2. The number of anilines is 1. The summed E-state index contributed by atoms with van der Waals surface area (Å²) in [5.41, 5.74) is 1.35. The third kappa shape index (κ3) is 2.37. The monoisotopic (exact) mass is 319 g/mol. The minimum atomic E-state index is -0.447. The quantitative estimate of drug-likeness (QED) is 0.634. The molecule has 6 heteroatoms. The highest BCUT2D eigenvalue weighted by Crippen LogP contribution is 2.42. The van der Waals surface area contributed by atoms with Gasteiger partial charge in [-0.1, -0.05) is 6.92 Å². The van der Waals surface area contributed by atoms with Crippen LogP contribution < -0.4 is 4.90 Å². The van der Waals surface area contributed by atoms with E-state index in [9.17, 15) is 14.4 Å². The summed E-state index contributed by atoms with van der Waals surface area (Å²) in [5.74, 6) is -0.710. The predicted octanol–water partition coefficient (Wildman–Crippen LogP) is 2.48. The maximum atomic E-state index is 12.4. The summed E-state index contributed by atoms with van der Waals surface area (Å²) in [6.45, 7) is 4.17. The van der Waals surface area contributed by atoms with Gasteiger partial charge in [0.05, 0.1) is 12.2 Å². The smallest absolute Gasteiger partial charge is 0.341 e. The number of carbonyl (C=O) groups is 3. The number of carbonyl (C=O) groups excluding carboxylic acids is 3. The topological polar surface area (TPSA) is 63.7 Å². The molecule has 0 radical (unpaired) electrons. The molecule has 5 nitrogen and oxygen atoms in total. The maximum absolute atomic E-state index is 12.4. The Morgan fingerprint density at radius 1 is 1.36 bits per heavy atom. The second-order valence-electron chi connectivity index (χ2n) is 5.60. The first-order chi connectivity index (χ1) is 10.5. The number of fused-ring (bicyclic) bond motifs is 1. The van der Waals surface area contributed by atoms with E-state index in [1.807, 2.05) is 0 Å². The van der Waals surface area contributed by atoms with Gasteiger partial charge in [0.25, 0.3) is 11.8 Å². The fraction of sp³-hybridized carbons (Fsp3) is 0.438. The van der Waals surface area contributed by atoms with Crippen LogP contribution in [0.15, 0.2) is 12.2 Å². The summed E-state index contributed by atoms with van der Waals surface area (Å²) in [4.78, 5) is 38.5. The van der Waals surface area contributed by atoms with E-state index >= 15 is 0 Å². The van der Waals surface area contributed by atoms with Crippen LogP contribution in [-0.4, -0.2) is 24.4 Å². The second kappa shape index (κ2) is 5.68. The van der Waals surface area contributed by atoms with E-state index in [-0.39, 0.29) is 6.61 Å². The first-order valence-corrected chi connectivity index (χ1v) is 8.22. The van der Waals surface area contributed by atoms with Gasteiger partial charge in [0.15, 0.2) is 0 Å². The molecule has 0 saturated heterocycles. The molecule has 1 aliphatic carbocycles. The van der Waals surface area contributed by atoms with Gasteiger partial charge in [0, 0.05) is 17.0 Å². The summed E-state index contributed by atoms with van der Waals surface area (Å²) in [6, 6.07) is 0. The van der Waals surface area contributed by atoms with Gasteiger partial charge < -0.3 is 4.74 Å². The Morgan fingerprint density at radius 3 is 2.68 bits per heavy atom. The number of hydrogen-bond acceptors (Lipinski definition) is 5. The van der Waals surface area contributed by atoms with Crippen LogP contribution in [0.2, 0.25) is 0 Å². The van der Waals surface area contributed by atoms with Crippen LogP contribution in [0.5, 0.6) is 0 Å². The molecule has 3 rings (SSSR count). The lowest BCUT2D eigenvalue weighted by Gasteiger charge is -2.18. The molecule has 0 bridgehead atoms. The third-order valence-electron chi connectivity index (χ3n) is 3.99. The van der Waals surface area contributed by atoms with Crippen molar-refractivity contribution in [2.45, 2.75) is 33.1 Å². The van der Waals surface area contributed by atoms with Crippen LogP contribution in [0, 0.1) is 5.92 Å². The molecular weight excluding hydrogens is 302 g/mol. The fourth-order valence-electron chi connectivity index (χ4n) is 2.91. The lowest BCUT2D eigenvalue weighted by Crippen LogP contribution is -2.30. The van der Waals surface area contributed by atoms with E-state index in [2.05, 4.69) is 6.92 Å². The molecule has 2 heterocycles. The standard InChI is InChI=1S/C16H17NO4S/c1-3-21-16(20)14-10-5-4-9(2)8-11(10)22-15(14)17-12(18)6-7-13(17)19/h6-7,9H,3-5,8H2,1-2H3/t9-/m0/s1. The molecule has 1 aliphatic heterocycles. The number of imide groups is 1. The van der Waals surface area contributed by atoms with Crippen molar-refractivity contribution in [2.75, 3.05) is 11.5 Å². The van der Waals surface area contributed by atoms with Crippen molar-refractivity contribution in [2.24, 2.45) is 5.92 Å². The highest BCUT2D eigenvalue weighted by Gasteiger charge is 2.35. The minimum Gasteiger partial charge on any atom is -0.462 e. The average Bonchev–Trinajstić information content (AvgIpc) is 2.98. The molecular formula is C16H17NO4S. The van der Waals surface area contributed by atoms with E-state index in [4.69, 9.17) is 4.74 Å². The number of ether oxygens (including phenoxy) is 1. The molecule has 2 amide bonds. The van der Waals surface area contributed by atoms with Crippen LogP contribution in [0.1, 0.15) is 41.1 Å². The van der Waals surface area contributed by atoms with Gasteiger partial charge >= 0.3 is 5.97 Å². The molecule has 0 fully saturated rings. The molecule has 1 aromatic rings. The van der Waals surface area contributed by atoms with Gasteiger partial charge in [-0.2, -0.15) is 0 Å². The van der Waals surface area contributed by atoms with Gasteiger partial charge in [-0.05, 0) is 37.7 Å². The molecule has 0 saturated carbocycles. The number of nitrogens with zero attached hydrogens (tertiary/aromatic N) is 1. The van der Waals surface area contributed by atoms with Gasteiger partial charge in [0.2, 0.25) is 0 Å². The summed E-state index contributed by atoms with van der Waals surface area (Å²) >= 11 is 1.37. The molecule has 0 spiro atoms. The molecule has 0 aromatic carbocycles. The van der Waals surface area contributed by atoms with Crippen molar-refractivity contribution < 1.29 is 19.1 Å². The fourth-order valence-corrected chi connectivity index (χ4v) is 4.42. The van der Waals surface area contributed by atoms with Crippen molar-refractivity contribution in [3.63, 3.8) is 0 Å². The zero-order valence-electron chi connectivity index (χ0n) is 12.5. The number of rotatable bonds is 3. The van der Waals surface area contributed by atoms with Crippen molar-refractivity contribution in [1.29, 1.82) is 0 Å². The van der Waals surface area contributed by atoms with E-state index in [0.717, 1.165) is 34.6 Å². The predicted molar refractivity (Wildman–Crippen MR) is 83.1 cm³/mol. The summed E-state index contributed by atoms with van der Waals surface area (Å²) in [5, 5.41) is 0.414. The van der Waals surface area contributed by atoms with Gasteiger partial charge in [-0.15, -0.1) is 11.3 Å². The minimum absolute atomic E-state index is 0.263. The highest BCUT2D eigenvalue weighted by atomic mass is 32.1. The van der Waals surface area contributed by atoms with Crippen LogP contribution in [-0.2, 0) is 27.2 Å². The van der Waals surface area contributed by atoms with E-state index in [1.54, 1.807) is 6.92 Å². The molecule has 0 N–H and O–H groups in total. The van der Waals surface area contributed by atoms with Crippen molar-refractivity contribution in [3.05, 3.63) is 28.2 Å². The van der Waals surface area contributed by atoms with Crippen LogP contribution >= 0.6 is 11.3 Å². The first-order valence-electron chi connectivity index (χ1n) is 7.40. The largest absolute Gasteiger partial charge is 0.462 e. The molecule has 2 aliphatic rings. The number of hydrogen-bond donors (Lipinski definition) is 0. The average molecular weight is 319 g/mol. The number of thiophene rings is 1. The zero-order chi connectivity index (χ0) is 15.9.